The van der Waals surface area contributed by atoms with E-state index in [0.29, 0.717) is 37.1 Å². The number of methoxy groups -OCH3 is 1. The number of carbonyl (C=O) groups excluding carboxylic acids is 1. The van der Waals surface area contributed by atoms with E-state index >= 15 is 0 Å². The maximum absolute atomic E-state index is 13.0. The van der Waals surface area contributed by atoms with Crippen LogP contribution in [-0.2, 0) is 11.3 Å². The van der Waals surface area contributed by atoms with Gasteiger partial charge in [0.2, 0.25) is 0 Å². The Morgan fingerprint density at radius 2 is 2.00 bits per heavy atom. The van der Waals surface area contributed by atoms with Gasteiger partial charge in [-0.25, -0.2) is 9.78 Å². The van der Waals surface area contributed by atoms with Crippen molar-refractivity contribution in [1.82, 2.24) is 9.55 Å². The Bertz CT molecular complexity index is 1040. The van der Waals surface area contributed by atoms with Crippen LogP contribution >= 0.6 is 22.9 Å². The van der Waals surface area contributed by atoms with Crippen LogP contribution in [0, 0.1) is 13.8 Å². The molecule has 3 aromatic rings. The van der Waals surface area contributed by atoms with Gasteiger partial charge in [0, 0.05) is 5.02 Å². The largest absolute Gasteiger partial charge is 0.465 e. The van der Waals surface area contributed by atoms with Crippen molar-refractivity contribution in [1.29, 1.82) is 0 Å². The van der Waals surface area contributed by atoms with E-state index in [1.54, 1.807) is 38.1 Å². The molecular formula is C18H17ClN2O4S. The quantitative estimate of drug-likeness (QED) is 0.689. The summed E-state index contributed by atoms with van der Waals surface area (Å²) in [6, 6.07) is 6.79. The number of ether oxygens (including phenoxy) is 1. The zero-order valence-electron chi connectivity index (χ0n) is 14.4. The summed E-state index contributed by atoms with van der Waals surface area (Å²) in [4.78, 5) is 30.1. The molecule has 26 heavy (non-hydrogen) atoms. The number of nitrogens with zero attached hydrogens (tertiary/aromatic N) is 2. The number of rotatable bonds is 4. The lowest BCUT2D eigenvalue weighted by Gasteiger charge is -2.15. The Labute approximate surface area is 158 Å². The van der Waals surface area contributed by atoms with E-state index in [9.17, 15) is 14.7 Å². The van der Waals surface area contributed by atoms with E-state index in [0.717, 1.165) is 11.3 Å². The minimum absolute atomic E-state index is 0.0537. The van der Waals surface area contributed by atoms with Crippen LogP contribution in [-0.4, -0.2) is 27.7 Å². The summed E-state index contributed by atoms with van der Waals surface area (Å²) in [6.45, 7) is 3.45. The molecule has 0 spiro atoms. The maximum atomic E-state index is 13.0. The third-order valence-corrected chi connectivity index (χ3v) is 5.64. The average molecular weight is 393 g/mol. The van der Waals surface area contributed by atoms with E-state index in [2.05, 4.69) is 4.98 Å². The fourth-order valence-electron chi connectivity index (χ4n) is 2.78. The molecule has 136 valence electrons. The Hall–Kier alpha value is -2.22. The molecule has 3 rings (SSSR count). The predicted octanol–water partition coefficient (Wildman–Crippen LogP) is 3.25. The van der Waals surface area contributed by atoms with Gasteiger partial charge in [0.25, 0.3) is 5.56 Å². The molecule has 0 aliphatic carbocycles. The summed E-state index contributed by atoms with van der Waals surface area (Å²) in [7, 11) is 1.30. The van der Waals surface area contributed by atoms with E-state index in [4.69, 9.17) is 16.3 Å². The lowest BCUT2D eigenvalue weighted by molar-refractivity contribution is 0.0605. The first-order valence-electron chi connectivity index (χ1n) is 7.85. The lowest BCUT2D eigenvalue weighted by Crippen LogP contribution is -2.26. The van der Waals surface area contributed by atoms with Gasteiger partial charge in [-0.2, -0.15) is 0 Å². The molecule has 0 unspecified atom stereocenters. The van der Waals surface area contributed by atoms with Gasteiger partial charge in [0.05, 0.1) is 25.1 Å². The second-order valence-electron chi connectivity index (χ2n) is 5.87. The minimum Gasteiger partial charge on any atom is -0.465 e. The van der Waals surface area contributed by atoms with Gasteiger partial charge >= 0.3 is 5.97 Å². The van der Waals surface area contributed by atoms with Crippen molar-refractivity contribution in [2.24, 2.45) is 0 Å². The highest BCUT2D eigenvalue weighted by Crippen LogP contribution is 2.28. The van der Waals surface area contributed by atoms with Crippen LogP contribution in [0.5, 0.6) is 0 Å². The number of thiophene rings is 1. The summed E-state index contributed by atoms with van der Waals surface area (Å²) in [5.74, 6) is -0.0246. The van der Waals surface area contributed by atoms with Crippen molar-refractivity contribution in [3.8, 4) is 0 Å². The smallest absolute Gasteiger partial charge is 0.348 e. The number of halogens is 1. The standard InChI is InChI=1S/C18H17ClN2O4S/c1-9-14-16(26-15(9)18(24)25-3)20-10(2)21(17(14)23)8-13(22)11-4-6-12(19)7-5-11/h4-7,13,22H,8H2,1-3H3/t13-/m0/s1. The Kier molecular flexibility index (Phi) is 5.13. The molecule has 1 aromatic carbocycles. The van der Waals surface area contributed by atoms with E-state index in [1.807, 2.05) is 0 Å². The highest BCUT2D eigenvalue weighted by Gasteiger charge is 2.22. The highest BCUT2D eigenvalue weighted by atomic mass is 35.5. The SMILES string of the molecule is COC(=O)c1sc2nc(C)n(C[C@H](O)c3ccc(Cl)cc3)c(=O)c2c1C. The van der Waals surface area contributed by atoms with Crippen LogP contribution < -0.4 is 5.56 Å². The van der Waals surface area contributed by atoms with Gasteiger partial charge in [-0.05, 0) is 37.1 Å². The topological polar surface area (TPSA) is 81.4 Å². The number of hydrogen-bond acceptors (Lipinski definition) is 6. The monoisotopic (exact) mass is 392 g/mol. The van der Waals surface area contributed by atoms with E-state index in [-0.39, 0.29) is 12.1 Å². The number of aryl methyl sites for hydroxylation is 2. The molecule has 2 heterocycles. The van der Waals surface area contributed by atoms with Crippen LogP contribution in [0.25, 0.3) is 10.2 Å². The lowest BCUT2D eigenvalue weighted by atomic mass is 10.1. The molecule has 0 saturated carbocycles. The van der Waals surface area contributed by atoms with Crippen molar-refractivity contribution in [2.45, 2.75) is 26.5 Å². The fourth-order valence-corrected chi connectivity index (χ4v) is 4.05. The number of hydrogen-bond donors (Lipinski definition) is 1. The summed E-state index contributed by atoms with van der Waals surface area (Å²) in [6.07, 6.45) is -0.887. The van der Waals surface area contributed by atoms with Crippen LogP contribution in [0.3, 0.4) is 0 Å². The normalized spacial score (nSPS) is 12.3. The molecule has 0 amide bonds. The minimum atomic E-state index is -0.887. The molecule has 0 aliphatic heterocycles. The van der Waals surface area contributed by atoms with Crippen molar-refractivity contribution in [3.63, 3.8) is 0 Å². The molecular weight excluding hydrogens is 376 g/mol. The number of benzene rings is 1. The molecule has 2 aromatic heterocycles. The number of carbonyl (C=O) groups is 1. The number of esters is 1. The van der Waals surface area contributed by atoms with Crippen molar-refractivity contribution >= 4 is 39.1 Å². The highest BCUT2D eigenvalue weighted by molar-refractivity contribution is 7.20. The van der Waals surface area contributed by atoms with Crippen molar-refractivity contribution in [3.05, 3.63) is 61.5 Å². The molecule has 1 N–H and O–H groups in total. The van der Waals surface area contributed by atoms with Crippen LogP contribution in [0.4, 0.5) is 0 Å². The molecule has 0 aliphatic rings. The van der Waals surface area contributed by atoms with Crippen LogP contribution in [0.15, 0.2) is 29.1 Å². The molecule has 0 radical (unpaired) electrons. The molecule has 6 nitrogen and oxygen atoms in total. The molecule has 0 fully saturated rings. The van der Waals surface area contributed by atoms with E-state index < -0.39 is 12.1 Å². The first-order valence-corrected chi connectivity index (χ1v) is 9.05. The molecule has 0 saturated heterocycles. The average Bonchev–Trinajstić information content (AvgIpc) is 2.94. The first kappa shape index (κ1) is 18.6. The summed E-state index contributed by atoms with van der Waals surface area (Å²) < 4.78 is 6.18. The Morgan fingerprint density at radius 1 is 1.35 bits per heavy atom. The molecule has 0 bridgehead atoms. The van der Waals surface area contributed by atoms with Crippen molar-refractivity contribution in [2.75, 3.05) is 7.11 Å². The number of aromatic nitrogens is 2. The van der Waals surface area contributed by atoms with Crippen LogP contribution in [0.2, 0.25) is 5.02 Å². The summed E-state index contributed by atoms with van der Waals surface area (Å²) in [5, 5.41) is 11.4. The van der Waals surface area contributed by atoms with Gasteiger partial charge in [-0.15, -0.1) is 11.3 Å². The van der Waals surface area contributed by atoms with Crippen LogP contribution in [0.1, 0.15) is 32.7 Å². The second-order valence-corrected chi connectivity index (χ2v) is 7.31. The van der Waals surface area contributed by atoms with E-state index in [1.165, 1.54) is 11.7 Å². The van der Waals surface area contributed by atoms with Crippen molar-refractivity contribution < 1.29 is 14.6 Å². The Morgan fingerprint density at radius 3 is 2.62 bits per heavy atom. The Balaban J connectivity index is 2.06. The number of fused-ring (bicyclic) bond motifs is 1. The zero-order valence-corrected chi connectivity index (χ0v) is 16.0. The van der Waals surface area contributed by atoms with Gasteiger partial charge < -0.3 is 9.84 Å². The summed E-state index contributed by atoms with van der Waals surface area (Å²) >= 11 is 7.00. The fraction of sp³-hybridized carbons (Fsp3) is 0.278. The van der Waals surface area contributed by atoms with Gasteiger partial charge in [0.15, 0.2) is 0 Å². The molecule has 8 heteroatoms. The summed E-state index contributed by atoms with van der Waals surface area (Å²) in [5.41, 5.74) is 0.909. The third-order valence-electron chi connectivity index (χ3n) is 4.22. The van der Waals surface area contributed by atoms with Gasteiger partial charge in [-0.3, -0.25) is 9.36 Å². The molecule has 1 atom stereocenters. The third kappa shape index (κ3) is 3.25. The zero-order chi connectivity index (χ0) is 19.0. The predicted molar refractivity (Wildman–Crippen MR) is 101 cm³/mol. The number of aliphatic hydroxyl groups is 1. The van der Waals surface area contributed by atoms with Gasteiger partial charge in [0.1, 0.15) is 15.5 Å². The maximum Gasteiger partial charge on any atom is 0.348 e. The first-order chi connectivity index (χ1) is 12.3. The second kappa shape index (κ2) is 7.19. The number of aliphatic hydroxyl groups excluding tert-OH is 1. The van der Waals surface area contributed by atoms with Gasteiger partial charge in [-0.1, -0.05) is 23.7 Å².